The summed E-state index contributed by atoms with van der Waals surface area (Å²) >= 11 is 1.93. The number of nitrogens with one attached hydrogen (secondary N) is 1. The summed E-state index contributed by atoms with van der Waals surface area (Å²) in [6.45, 7) is 4.16. The second kappa shape index (κ2) is 6.21. The van der Waals surface area contributed by atoms with Crippen LogP contribution in [0, 0.1) is 5.41 Å². The zero-order chi connectivity index (χ0) is 13.8. The van der Waals surface area contributed by atoms with E-state index in [-0.39, 0.29) is 0 Å². The molecular weight excluding hydrogens is 264 g/mol. The van der Waals surface area contributed by atoms with Crippen LogP contribution < -0.4 is 5.32 Å². The van der Waals surface area contributed by atoms with E-state index in [1.54, 1.807) is 0 Å². The average Bonchev–Trinajstić information content (AvgIpc) is 2.95. The maximum absolute atomic E-state index is 4.80. The van der Waals surface area contributed by atoms with Gasteiger partial charge in [-0.05, 0) is 35.8 Å². The number of hydrogen-bond acceptors (Lipinski definition) is 3. The monoisotopic (exact) mass is 288 g/mol. The molecule has 0 atom stereocenters. The van der Waals surface area contributed by atoms with Gasteiger partial charge in [0, 0.05) is 18.8 Å². The third-order valence-electron chi connectivity index (χ3n) is 4.67. The highest BCUT2D eigenvalue weighted by Crippen LogP contribution is 2.43. The number of aliphatic imine (C=N–C) groups is 1. The highest BCUT2D eigenvalue weighted by atomic mass is 32.2. The van der Waals surface area contributed by atoms with Crippen LogP contribution in [0.3, 0.4) is 0 Å². The quantitative estimate of drug-likeness (QED) is 0.909. The molecule has 1 aliphatic carbocycles. The second-order valence-electron chi connectivity index (χ2n) is 6.09. The Labute approximate surface area is 126 Å². The first-order valence-corrected chi connectivity index (χ1v) is 8.78. The van der Waals surface area contributed by atoms with Crippen LogP contribution >= 0.6 is 11.8 Å². The molecule has 108 valence electrons. The number of amidine groups is 1. The molecule has 2 nitrogen and oxygen atoms in total. The van der Waals surface area contributed by atoms with Crippen LogP contribution in [-0.4, -0.2) is 17.5 Å². The molecule has 1 aromatic carbocycles. The first-order chi connectivity index (χ1) is 9.81. The van der Waals surface area contributed by atoms with E-state index in [9.17, 15) is 0 Å². The van der Waals surface area contributed by atoms with E-state index in [0.29, 0.717) is 5.41 Å². The Morgan fingerprint density at radius 2 is 1.95 bits per heavy atom. The molecule has 3 rings (SSSR count). The van der Waals surface area contributed by atoms with Crippen molar-refractivity contribution in [2.24, 2.45) is 10.4 Å². The molecule has 0 bridgehead atoms. The van der Waals surface area contributed by atoms with E-state index in [1.807, 2.05) is 11.8 Å². The van der Waals surface area contributed by atoms with Gasteiger partial charge in [0.25, 0.3) is 0 Å². The number of aryl methyl sites for hydroxylation is 1. The summed E-state index contributed by atoms with van der Waals surface area (Å²) in [7, 11) is 0. The van der Waals surface area contributed by atoms with Gasteiger partial charge in [-0.25, -0.2) is 0 Å². The second-order valence-corrected chi connectivity index (χ2v) is 7.06. The van der Waals surface area contributed by atoms with E-state index in [2.05, 4.69) is 36.5 Å². The Morgan fingerprint density at radius 3 is 2.60 bits per heavy atom. The molecule has 1 aromatic rings. The fourth-order valence-corrected chi connectivity index (χ4v) is 4.49. The molecular formula is C17H24N2S. The Bertz CT molecular complexity index is 490. The number of benzene rings is 1. The normalized spacial score (nSPS) is 20.9. The Morgan fingerprint density at radius 1 is 1.20 bits per heavy atom. The van der Waals surface area contributed by atoms with Crippen molar-refractivity contribution in [3.8, 4) is 0 Å². The van der Waals surface area contributed by atoms with Crippen LogP contribution in [0.25, 0.3) is 0 Å². The predicted octanol–water partition coefficient (Wildman–Crippen LogP) is 4.00. The first-order valence-electron chi connectivity index (χ1n) is 7.79. The summed E-state index contributed by atoms with van der Waals surface area (Å²) in [5.74, 6) is 1.26. The minimum absolute atomic E-state index is 0.539. The molecule has 1 spiro atoms. The molecule has 1 N–H and O–H groups in total. The fraction of sp³-hybridized carbons (Fsp3) is 0.588. The summed E-state index contributed by atoms with van der Waals surface area (Å²) in [6.07, 6.45) is 6.68. The molecule has 0 radical (unpaired) electrons. The number of nitrogens with zero attached hydrogens (tertiary/aromatic N) is 1. The molecule has 20 heavy (non-hydrogen) atoms. The fourth-order valence-electron chi connectivity index (χ4n) is 3.33. The standard InChI is InChI=1S/C17H24N2S/c1-2-14-7-3-4-8-15(14)11-18-16-19-12-17(13-20-16)9-5-6-10-17/h3-4,7-8H,2,5-6,9-13H2,1H3,(H,18,19). The molecule has 3 heteroatoms. The maximum atomic E-state index is 4.80. The van der Waals surface area contributed by atoms with E-state index in [0.717, 1.165) is 24.7 Å². The van der Waals surface area contributed by atoms with Gasteiger partial charge in [-0.15, -0.1) is 0 Å². The Balaban J connectivity index is 1.58. The van der Waals surface area contributed by atoms with Crippen LogP contribution in [-0.2, 0) is 13.0 Å². The van der Waals surface area contributed by atoms with Crippen LogP contribution in [0.2, 0.25) is 0 Å². The summed E-state index contributed by atoms with van der Waals surface area (Å²) in [6, 6.07) is 8.69. The third-order valence-corrected chi connectivity index (χ3v) is 5.97. The van der Waals surface area contributed by atoms with E-state index < -0.39 is 0 Å². The van der Waals surface area contributed by atoms with Crippen molar-refractivity contribution < 1.29 is 0 Å². The first kappa shape index (κ1) is 14.0. The lowest BCUT2D eigenvalue weighted by molar-refractivity contribution is 0.358. The molecule has 1 fully saturated rings. The van der Waals surface area contributed by atoms with Gasteiger partial charge in [0.05, 0.1) is 0 Å². The predicted molar refractivity (Wildman–Crippen MR) is 88.3 cm³/mol. The zero-order valence-electron chi connectivity index (χ0n) is 12.3. The lowest BCUT2D eigenvalue weighted by Gasteiger charge is -2.31. The molecule has 0 unspecified atom stereocenters. The lowest BCUT2D eigenvalue weighted by Crippen LogP contribution is -2.33. The molecule has 0 aromatic heterocycles. The van der Waals surface area contributed by atoms with Crippen LogP contribution in [0.4, 0.5) is 0 Å². The Kier molecular flexibility index (Phi) is 4.35. The van der Waals surface area contributed by atoms with Gasteiger partial charge in [-0.2, -0.15) is 0 Å². The summed E-state index contributed by atoms with van der Waals surface area (Å²) in [4.78, 5) is 4.80. The van der Waals surface area contributed by atoms with Crippen LogP contribution in [0.15, 0.2) is 29.3 Å². The highest BCUT2D eigenvalue weighted by molar-refractivity contribution is 8.13. The van der Waals surface area contributed by atoms with Crippen LogP contribution in [0.1, 0.15) is 43.7 Å². The van der Waals surface area contributed by atoms with Gasteiger partial charge in [-0.3, -0.25) is 4.99 Å². The summed E-state index contributed by atoms with van der Waals surface area (Å²) < 4.78 is 0. The number of rotatable bonds is 3. The number of hydrogen-bond donors (Lipinski definition) is 1. The van der Waals surface area contributed by atoms with E-state index in [1.165, 1.54) is 42.6 Å². The van der Waals surface area contributed by atoms with Crippen LogP contribution in [0.5, 0.6) is 0 Å². The zero-order valence-corrected chi connectivity index (χ0v) is 13.1. The summed E-state index contributed by atoms with van der Waals surface area (Å²) in [5.41, 5.74) is 3.38. The molecule has 0 saturated heterocycles. The molecule has 0 amide bonds. The SMILES string of the molecule is CCc1ccccc1CNC1=NCC2(CCCC2)CS1. The number of thioether (sulfide) groups is 1. The van der Waals surface area contributed by atoms with Crippen molar-refractivity contribution >= 4 is 16.9 Å². The molecule has 1 heterocycles. The topological polar surface area (TPSA) is 24.4 Å². The van der Waals surface area contributed by atoms with Gasteiger partial charge in [-0.1, -0.05) is 55.8 Å². The van der Waals surface area contributed by atoms with Crippen molar-refractivity contribution in [3.63, 3.8) is 0 Å². The minimum Gasteiger partial charge on any atom is -0.361 e. The van der Waals surface area contributed by atoms with Gasteiger partial charge in [0.1, 0.15) is 0 Å². The van der Waals surface area contributed by atoms with Crippen molar-refractivity contribution in [2.75, 3.05) is 12.3 Å². The van der Waals surface area contributed by atoms with Gasteiger partial charge in [0.15, 0.2) is 5.17 Å². The van der Waals surface area contributed by atoms with Crippen molar-refractivity contribution in [1.29, 1.82) is 0 Å². The molecule has 2 aliphatic rings. The highest BCUT2D eigenvalue weighted by Gasteiger charge is 2.36. The molecule has 1 saturated carbocycles. The van der Waals surface area contributed by atoms with E-state index in [4.69, 9.17) is 4.99 Å². The van der Waals surface area contributed by atoms with Crippen molar-refractivity contribution in [2.45, 2.75) is 45.6 Å². The van der Waals surface area contributed by atoms with Gasteiger partial charge < -0.3 is 5.32 Å². The average molecular weight is 288 g/mol. The molecule has 1 aliphatic heterocycles. The minimum atomic E-state index is 0.539. The lowest BCUT2D eigenvalue weighted by atomic mass is 9.89. The Hall–Kier alpha value is -0.960. The van der Waals surface area contributed by atoms with Crippen molar-refractivity contribution in [1.82, 2.24) is 5.32 Å². The smallest absolute Gasteiger partial charge is 0.156 e. The third kappa shape index (κ3) is 3.03. The largest absolute Gasteiger partial charge is 0.361 e. The van der Waals surface area contributed by atoms with E-state index >= 15 is 0 Å². The van der Waals surface area contributed by atoms with Gasteiger partial charge >= 0.3 is 0 Å². The van der Waals surface area contributed by atoms with Crippen molar-refractivity contribution in [3.05, 3.63) is 35.4 Å². The maximum Gasteiger partial charge on any atom is 0.156 e. The summed E-state index contributed by atoms with van der Waals surface area (Å²) in [5, 5.41) is 4.68. The van der Waals surface area contributed by atoms with Gasteiger partial charge in [0.2, 0.25) is 0 Å².